The number of hydrogen-bond acceptors (Lipinski definition) is 2. The molecule has 3 rings (SSSR count). The molecule has 3 nitrogen and oxygen atoms in total. The molecule has 0 bridgehead atoms. The van der Waals surface area contributed by atoms with Crippen molar-refractivity contribution in [1.29, 1.82) is 0 Å². The van der Waals surface area contributed by atoms with Gasteiger partial charge in [-0.3, -0.25) is 4.57 Å². The van der Waals surface area contributed by atoms with Crippen LogP contribution in [0.5, 0.6) is 5.75 Å². The van der Waals surface area contributed by atoms with Gasteiger partial charge in [0.25, 0.3) is 0 Å². The minimum absolute atomic E-state index is 0.668. The second kappa shape index (κ2) is 6.50. The van der Waals surface area contributed by atoms with Gasteiger partial charge in [-0.25, -0.2) is 0 Å². The fourth-order valence-corrected chi connectivity index (χ4v) is 2.91. The topological polar surface area (TPSA) is 29.9 Å². The largest absolute Gasteiger partial charge is 0.494 e. The Bertz CT molecular complexity index is 836. The predicted octanol–water partition coefficient (Wildman–Crippen LogP) is 5.36. The van der Waals surface area contributed by atoms with Crippen LogP contribution in [0.2, 0.25) is 0 Å². The molecule has 22 heavy (non-hydrogen) atoms. The van der Waals surface area contributed by atoms with E-state index in [0.29, 0.717) is 11.4 Å². The maximum atomic E-state index is 5.47. The molecule has 3 aromatic rings. The van der Waals surface area contributed by atoms with Crippen LogP contribution in [0.25, 0.3) is 16.9 Å². The number of rotatable bonds is 4. The molecule has 0 saturated carbocycles. The monoisotopic (exact) mass is 374 g/mol. The molecule has 1 heterocycles. The maximum absolute atomic E-state index is 5.47. The molecule has 0 spiro atoms. The van der Waals surface area contributed by atoms with E-state index < -0.39 is 0 Å². The number of benzene rings is 2. The summed E-state index contributed by atoms with van der Waals surface area (Å²) >= 11 is 8.92. The van der Waals surface area contributed by atoms with Crippen molar-refractivity contribution in [2.75, 3.05) is 6.61 Å². The lowest BCUT2D eigenvalue weighted by atomic mass is 10.1. The summed E-state index contributed by atoms with van der Waals surface area (Å²) in [5.74, 6) is 0.872. The number of H-pyrrole nitrogens is 1. The second-order valence-electron chi connectivity index (χ2n) is 4.78. The summed E-state index contributed by atoms with van der Waals surface area (Å²) in [6, 6.07) is 16.0. The predicted molar refractivity (Wildman–Crippen MR) is 95.3 cm³/mol. The van der Waals surface area contributed by atoms with Crippen molar-refractivity contribution >= 4 is 28.1 Å². The van der Waals surface area contributed by atoms with Gasteiger partial charge in [0.2, 0.25) is 0 Å². The van der Waals surface area contributed by atoms with Crippen LogP contribution in [0.1, 0.15) is 6.92 Å². The zero-order valence-electron chi connectivity index (χ0n) is 12.0. The lowest BCUT2D eigenvalue weighted by Crippen LogP contribution is -1.91. The van der Waals surface area contributed by atoms with Crippen LogP contribution in [-0.4, -0.2) is 16.2 Å². The van der Waals surface area contributed by atoms with Gasteiger partial charge in [0.15, 0.2) is 4.77 Å². The molecular weight excluding hydrogens is 360 g/mol. The molecule has 2 aromatic carbocycles. The van der Waals surface area contributed by atoms with E-state index in [1.807, 2.05) is 66.2 Å². The average molecular weight is 375 g/mol. The summed E-state index contributed by atoms with van der Waals surface area (Å²) in [7, 11) is 0. The summed E-state index contributed by atoms with van der Waals surface area (Å²) in [6.07, 6.45) is 2.01. The van der Waals surface area contributed by atoms with E-state index in [-0.39, 0.29) is 0 Å². The number of nitrogens with one attached hydrogen (secondary N) is 1. The van der Waals surface area contributed by atoms with Gasteiger partial charge in [-0.1, -0.05) is 22.0 Å². The summed E-state index contributed by atoms with van der Waals surface area (Å²) in [4.78, 5) is 3.25. The van der Waals surface area contributed by atoms with Gasteiger partial charge in [-0.05, 0) is 67.2 Å². The second-order valence-corrected chi connectivity index (χ2v) is 6.08. The van der Waals surface area contributed by atoms with Crippen LogP contribution in [-0.2, 0) is 0 Å². The molecule has 0 fully saturated rings. The minimum Gasteiger partial charge on any atom is -0.494 e. The molecule has 0 radical (unpaired) electrons. The summed E-state index contributed by atoms with van der Waals surface area (Å²) in [5.41, 5.74) is 3.07. The molecule has 0 aliphatic heterocycles. The first-order chi connectivity index (χ1) is 10.7. The molecule has 112 valence electrons. The first kappa shape index (κ1) is 15.1. The Morgan fingerprint density at radius 2 is 1.95 bits per heavy atom. The zero-order chi connectivity index (χ0) is 15.5. The van der Waals surface area contributed by atoms with Crippen molar-refractivity contribution < 1.29 is 4.74 Å². The van der Waals surface area contributed by atoms with Gasteiger partial charge < -0.3 is 9.72 Å². The van der Waals surface area contributed by atoms with Crippen LogP contribution in [0, 0.1) is 4.77 Å². The van der Waals surface area contributed by atoms with Gasteiger partial charge in [0, 0.05) is 16.4 Å². The molecule has 0 aliphatic rings. The van der Waals surface area contributed by atoms with Gasteiger partial charge in [0.1, 0.15) is 5.75 Å². The van der Waals surface area contributed by atoms with E-state index in [1.165, 1.54) is 0 Å². The standard InChI is InChI=1S/C17H15BrN2OS/c1-2-21-15-8-6-12(7-9-15)16-11-20(17(22)19-16)14-5-3-4-13(18)10-14/h3-11H,2H2,1H3,(H,19,22). The SMILES string of the molecule is CCOc1ccc(-c2cn(-c3cccc(Br)c3)c(=S)[nH]2)cc1. The first-order valence-corrected chi connectivity index (χ1v) is 8.18. The first-order valence-electron chi connectivity index (χ1n) is 6.98. The van der Waals surface area contributed by atoms with E-state index >= 15 is 0 Å². The van der Waals surface area contributed by atoms with E-state index in [2.05, 4.69) is 20.9 Å². The molecule has 0 saturated heterocycles. The zero-order valence-corrected chi connectivity index (χ0v) is 14.4. The molecule has 5 heteroatoms. The van der Waals surface area contributed by atoms with Crippen LogP contribution < -0.4 is 4.74 Å². The van der Waals surface area contributed by atoms with Gasteiger partial charge >= 0.3 is 0 Å². The Kier molecular flexibility index (Phi) is 4.45. The molecule has 0 amide bonds. The fraction of sp³-hybridized carbons (Fsp3) is 0.118. The number of hydrogen-bond donors (Lipinski definition) is 1. The van der Waals surface area contributed by atoms with Gasteiger partial charge in [-0.15, -0.1) is 0 Å². The van der Waals surface area contributed by atoms with Crippen molar-refractivity contribution in [1.82, 2.24) is 9.55 Å². The number of nitrogens with zero attached hydrogens (tertiary/aromatic N) is 1. The quantitative estimate of drug-likeness (QED) is 0.622. The lowest BCUT2D eigenvalue weighted by Gasteiger charge is -2.04. The number of aromatic amines is 1. The van der Waals surface area contributed by atoms with E-state index in [0.717, 1.165) is 27.2 Å². The highest BCUT2D eigenvalue weighted by Crippen LogP contribution is 2.23. The number of ether oxygens (including phenoxy) is 1. The number of imidazole rings is 1. The van der Waals surface area contributed by atoms with Crippen molar-refractivity contribution in [3.8, 4) is 22.7 Å². The number of halogens is 1. The Morgan fingerprint density at radius 3 is 2.64 bits per heavy atom. The number of aromatic nitrogens is 2. The maximum Gasteiger partial charge on any atom is 0.182 e. The van der Waals surface area contributed by atoms with Crippen molar-refractivity contribution in [2.45, 2.75) is 6.92 Å². The minimum atomic E-state index is 0.668. The van der Waals surface area contributed by atoms with Crippen molar-refractivity contribution in [3.63, 3.8) is 0 Å². The molecule has 0 unspecified atom stereocenters. The van der Waals surface area contributed by atoms with E-state index in [9.17, 15) is 0 Å². The molecule has 1 N–H and O–H groups in total. The normalized spacial score (nSPS) is 10.6. The Hall–Kier alpha value is -1.85. The lowest BCUT2D eigenvalue weighted by molar-refractivity contribution is 0.340. The van der Waals surface area contributed by atoms with Gasteiger partial charge in [-0.2, -0.15) is 0 Å². The average Bonchev–Trinajstić information content (AvgIpc) is 2.90. The van der Waals surface area contributed by atoms with Gasteiger partial charge in [0.05, 0.1) is 12.3 Å². The van der Waals surface area contributed by atoms with Crippen LogP contribution in [0.4, 0.5) is 0 Å². The smallest absolute Gasteiger partial charge is 0.182 e. The van der Waals surface area contributed by atoms with E-state index in [1.54, 1.807) is 0 Å². The van der Waals surface area contributed by atoms with E-state index in [4.69, 9.17) is 17.0 Å². The van der Waals surface area contributed by atoms with Crippen LogP contribution >= 0.6 is 28.1 Å². The van der Waals surface area contributed by atoms with Crippen molar-refractivity contribution in [2.24, 2.45) is 0 Å². The molecule has 0 atom stereocenters. The Balaban J connectivity index is 1.97. The molecular formula is C17H15BrN2OS. The highest BCUT2D eigenvalue weighted by Gasteiger charge is 2.06. The summed E-state index contributed by atoms with van der Waals surface area (Å²) < 4.78 is 9.12. The third-order valence-corrected chi connectivity index (χ3v) is 4.07. The third-order valence-electron chi connectivity index (χ3n) is 3.28. The summed E-state index contributed by atoms with van der Waals surface area (Å²) in [5, 5.41) is 0. The Labute approximate surface area is 142 Å². The highest BCUT2D eigenvalue weighted by molar-refractivity contribution is 9.10. The van der Waals surface area contributed by atoms with Crippen molar-refractivity contribution in [3.05, 3.63) is 64.0 Å². The molecule has 1 aromatic heterocycles. The third kappa shape index (κ3) is 3.15. The highest BCUT2D eigenvalue weighted by atomic mass is 79.9. The van der Waals surface area contributed by atoms with Crippen LogP contribution in [0.15, 0.2) is 59.2 Å². The fourth-order valence-electron chi connectivity index (χ4n) is 2.26. The molecule has 0 aliphatic carbocycles. The van der Waals surface area contributed by atoms with Crippen LogP contribution in [0.3, 0.4) is 0 Å². The Morgan fingerprint density at radius 1 is 1.18 bits per heavy atom. The summed E-state index contributed by atoms with van der Waals surface area (Å²) in [6.45, 7) is 2.64.